The van der Waals surface area contributed by atoms with Gasteiger partial charge >= 0.3 is 0 Å². The number of benzene rings is 1. The molecule has 0 N–H and O–H groups in total. The Kier molecular flexibility index (Phi) is 4.02. The molecule has 0 bridgehead atoms. The molecular weight excluding hydrogens is 481 g/mol. The van der Waals surface area contributed by atoms with Crippen molar-refractivity contribution in [2.24, 2.45) is 0 Å². The van der Waals surface area contributed by atoms with E-state index in [4.69, 9.17) is 0 Å². The summed E-state index contributed by atoms with van der Waals surface area (Å²) in [6, 6.07) is 3.99. The Labute approximate surface area is 106 Å². The van der Waals surface area contributed by atoms with Crippen molar-refractivity contribution in [3.05, 3.63) is 28.4 Å². The third-order valence-electron chi connectivity index (χ3n) is 1.16. The second kappa shape index (κ2) is 4.35. The molecule has 0 atom stereocenters. The Morgan fingerprint density at radius 2 is 1.55 bits per heavy atom. The van der Waals surface area contributed by atoms with E-state index < -0.39 is 0 Å². The van der Waals surface area contributed by atoms with Crippen LogP contribution in [0.1, 0.15) is 10.4 Å². The smallest absolute Gasteiger partial charge is 0.152 e. The highest BCUT2D eigenvalue weighted by molar-refractivity contribution is 14.1. The van der Waals surface area contributed by atoms with Crippen molar-refractivity contribution in [1.82, 2.24) is 0 Å². The van der Waals surface area contributed by atoms with E-state index >= 15 is 0 Å². The van der Waals surface area contributed by atoms with Crippen LogP contribution < -0.4 is 0 Å². The fourth-order valence-corrected chi connectivity index (χ4v) is 4.50. The number of carbonyl (C=O) groups is 1. The van der Waals surface area contributed by atoms with Gasteiger partial charge in [-0.3, -0.25) is 4.79 Å². The molecule has 58 valence electrons. The maximum atomic E-state index is 10.5. The van der Waals surface area contributed by atoms with Crippen LogP contribution in [0.2, 0.25) is 0 Å². The third kappa shape index (κ3) is 2.51. The first kappa shape index (κ1) is 10.2. The number of halogens is 3. The van der Waals surface area contributed by atoms with Crippen LogP contribution in [-0.2, 0) is 0 Å². The van der Waals surface area contributed by atoms with Gasteiger partial charge in [0.05, 0.1) is 0 Å². The number of rotatable bonds is 1. The van der Waals surface area contributed by atoms with Gasteiger partial charge in [-0.2, -0.15) is 0 Å². The molecule has 4 heteroatoms. The minimum Gasteiger partial charge on any atom is -0.298 e. The fraction of sp³-hybridized carbons (Fsp3) is 0. The Morgan fingerprint density at radius 3 is 1.91 bits per heavy atom. The molecule has 0 saturated heterocycles. The second-order valence-electron chi connectivity index (χ2n) is 1.90. The molecule has 0 radical (unpaired) electrons. The van der Waals surface area contributed by atoms with Crippen LogP contribution >= 0.6 is 67.8 Å². The average molecular weight is 484 g/mol. The molecule has 11 heavy (non-hydrogen) atoms. The van der Waals surface area contributed by atoms with Crippen LogP contribution in [0.4, 0.5) is 0 Å². The molecule has 1 rings (SSSR count). The third-order valence-corrected chi connectivity index (χ3v) is 3.57. The highest BCUT2D eigenvalue weighted by atomic mass is 127. The minimum atomic E-state index is 0.798. The van der Waals surface area contributed by atoms with Crippen LogP contribution in [0, 0.1) is 10.7 Å². The Bertz CT molecular complexity index is 273. The summed E-state index contributed by atoms with van der Waals surface area (Å²) < 4.78 is 3.21. The summed E-state index contributed by atoms with van der Waals surface area (Å²) in [5, 5.41) is 0. The summed E-state index contributed by atoms with van der Waals surface area (Å²) in [5.74, 6) is 0. The molecule has 0 heterocycles. The van der Waals surface area contributed by atoms with E-state index in [9.17, 15) is 4.79 Å². The fourth-order valence-electron chi connectivity index (χ4n) is 0.666. The van der Waals surface area contributed by atoms with Gasteiger partial charge in [0.2, 0.25) is 0 Å². The molecule has 0 aliphatic heterocycles. The largest absolute Gasteiger partial charge is 0.298 e. The summed E-state index contributed by atoms with van der Waals surface area (Å²) in [7, 11) is 0. The first-order chi connectivity index (χ1) is 5.15. The molecule has 1 nitrogen and oxygen atoms in total. The molecule has 1 aromatic carbocycles. The Hall–Kier alpha value is 1.08. The average Bonchev–Trinajstić information content (AvgIpc) is 1.85. The highest BCUT2D eigenvalue weighted by Gasteiger charge is 2.04. The molecule has 0 saturated carbocycles. The number of hydrogen-bond donors (Lipinski definition) is 0. The number of carbonyl (C=O) groups excluding carboxylic acids is 1. The quantitative estimate of drug-likeness (QED) is 0.442. The van der Waals surface area contributed by atoms with Crippen molar-refractivity contribution in [3.63, 3.8) is 0 Å². The second-order valence-corrected chi connectivity index (χ2v) is 5.47. The lowest BCUT2D eigenvalue weighted by molar-refractivity contribution is 0.112. The van der Waals surface area contributed by atoms with Crippen molar-refractivity contribution in [3.8, 4) is 0 Å². The van der Waals surface area contributed by atoms with Crippen LogP contribution in [0.3, 0.4) is 0 Å². The van der Waals surface area contributed by atoms with Crippen molar-refractivity contribution in [2.75, 3.05) is 0 Å². The first-order valence-electron chi connectivity index (χ1n) is 2.75. The van der Waals surface area contributed by atoms with E-state index in [1.807, 2.05) is 12.1 Å². The van der Waals surface area contributed by atoms with E-state index in [0.717, 1.165) is 19.0 Å². The zero-order valence-corrected chi connectivity index (χ0v) is 11.7. The zero-order chi connectivity index (χ0) is 8.43. The molecular formula is C7H3I3O. The Morgan fingerprint density at radius 1 is 1.09 bits per heavy atom. The molecule has 0 aromatic heterocycles. The zero-order valence-electron chi connectivity index (χ0n) is 5.27. The van der Waals surface area contributed by atoms with Crippen LogP contribution in [0.15, 0.2) is 12.1 Å². The molecule has 0 unspecified atom stereocenters. The van der Waals surface area contributed by atoms with Gasteiger partial charge in [0.25, 0.3) is 0 Å². The number of hydrogen-bond acceptors (Lipinski definition) is 1. The number of aldehydes is 1. The topological polar surface area (TPSA) is 17.1 Å². The lowest BCUT2D eigenvalue weighted by Gasteiger charge is -2.00. The molecule has 0 aliphatic rings. The van der Waals surface area contributed by atoms with Gasteiger partial charge in [0.1, 0.15) is 0 Å². The van der Waals surface area contributed by atoms with E-state index in [1.54, 1.807) is 0 Å². The maximum absolute atomic E-state index is 10.5. The predicted molar refractivity (Wildman–Crippen MR) is 70.0 cm³/mol. The van der Waals surface area contributed by atoms with Crippen molar-refractivity contribution >= 4 is 74.1 Å². The van der Waals surface area contributed by atoms with Gasteiger partial charge in [0, 0.05) is 16.3 Å². The van der Waals surface area contributed by atoms with E-state index in [0.29, 0.717) is 0 Å². The normalized spacial score (nSPS) is 9.73. The molecule has 0 amide bonds. The van der Waals surface area contributed by atoms with Crippen molar-refractivity contribution in [2.45, 2.75) is 0 Å². The van der Waals surface area contributed by atoms with Gasteiger partial charge in [0.15, 0.2) is 6.29 Å². The predicted octanol–water partition coefficient (Wildman–Crippen LogP) is 3.31. The lowest BCUT2D eigenvalue weighted by atomic mass is 10.2. The standard InChI is InChI=1S/C7H3I3O/c8-4-1-6(9)5(3-11)7(10)2-4/h1-3H. The van der Waals surface area contributed by atoms with Gasteiger partial charge in [-0.05, 0) is 79.9 Å². The minimum absolute atomic E-state index is 0.798. The van der Waals surface area contributed by atoms with Crippen LogP contribution in [0.25, 0.3) is 0 Å². The monoisotopic (exact) mass is 484 g/mol. The van der Waals surface area contributed by atoms with Crippen molar-refractivity contribution in [1.29, 1.82) is 0 Å². The molecule has 0 aliphatic carbocycles. The van der Waals surface area contributed by atoms with Crippen LogP contribution in [0.5, 0.6) is 0 Å². The van der Waals surface area contributed by atoms with E-state index in [2.05, 4.69) is 67.8 Å². The SMILES string of the molecule is O=Cc1c(I)cc(I)cc1I. The summed E-state index contributed by atoms with van der Waals surface area (Å²) >= 11 is 6.58. The van der Waals surface area contributed by atoms with Gasteiger partial charge in [-0.15, -0.1) is 0 Å². The molecule has 0 spiro atoms. The molecule has 1 aromatic rings. The summed E-state index contributed by atoms with van der Waals surface area (Å²) in [6.45, 7) is 0. The summed E-state index contributed by atoms with van der Waals surface area (Å²) in [6.07, 6.45) is 0.902. The molecule has 0 fully saturated rings. The Balaban J connectivity index is 3.36. The lowest BCUT2D eigenvalue weighted by Crippen LogP contribution is -1.91. The highest BCUT2D eigenvalue weighted by Crippen LogP contribution is 2.20. The van der Waals surface area contributed by atoms with E-state index in [-0.39, 0.29) is 0 Å². The van der Waals surface area contributed by atoms with Gasteiger partial charge in [-0.1, -0.05) is 0 Å². The van der Waals surface area contributed by atoms with Crippen molar-refractivity contribution < 1.29 is 4.79 Å². The van der Waals surface area contributed by atoms with E-state index in [1.165, 1.54) is 3.57 Å². The van der Waals surface area contributed by atoms with Crippen LogP contribution in [-0.4, -0.2) is 6.29 Å². The van der Waals surface area contributed by atoms with Gasteiger partial charge in [-0.25, -0.2) is 0 Å². The van der Waals surface area contributed by atoms with Gasteiger partial charge < -0.3 is 0 Å². The summed E-state index contributed by atoms with van der Waals surface area (Å²) in [5.41, 5.74) is 0.798. The maximum Gasteiger partial charge on any atom is 0.152 e. The summed E-state index contributed by atoms with van der Waals surface area (Å²) in [4.78, 5) is 10.5. The first-order valence-corrected chi connectivity index (χ1v) is 5.98.